The fraction of sp³-hybridized carbons (Fsp3) is 0.143. The number of hydrogen-bond donors (Lipinski definition) is 0. The molecule has 4 nitrogen and oxygen atoms in total. The van der Waals surface area contributed by atoms with Crippen LogP contribution in [-0.4, -0.2) is 4.92 Å². The van der Waals surface area contributed by atoms with E-state index < -0.39 is 16.4 Å². The fourth-order valence-corrected chi connectivity index (χ4v) is 1.77. The molecule has 0 saturated heterocycles. The molecule has 0 unspecified atom stereocenters. The van der Waals surface area contributed by atoms with E-state index in [-0.39, 0.29) is 5.75 Å². The van der Waals surface area contributed by atoms with E-state index in [2.05, 4.69) is 0 Å². The smallest absolute Gasteiger partial charge is 0.346 e. The molecule has 5 heteroatoms. The van der Waals surface area contributed by atoms with Gasteiger partial charge in [0.2, 0.25) is 11.6 Å². The maximum Gasteiger partial charge on any atom is 0.346 e. The number of benzene rings is 2. The highest BCUT2D eigenvalue weighted by Gasteiger charge is 2.22. The van der Waals surface area contributed by atoms with Crippen LogP contribution in [0, 0.1) is 15.9 Å². The summed E-state index contributed by atoms with van der Waals surface area (Å²) < 4.78 is 19.0. The minimum atomic E-state index is -0.906. The van der Waals surface area contributed by atoms with Crippen molar-refractivity contribution in [3.8, 4) is 11.5 Å². The zero-order valence-corrected chi connectivity index (χ0v) is 10.3. The SMILES string of the molecule is CCc1ccccc1Oc1cccc(F)c1[N+](=O)[O-]. The average Bonchev–Trinajstić information content (AvgIpc) is 2.39. The van der Waals surface area contributed by atoms with Gasteiger partial charge in [-0.25, -0.2) is 0 Å². The normalized spacial score (nSPS) is 10.2. The molecule has 0 amide bonds. The molecule has 0 aromatic heterocycles. The van der Waals surface area contributed by atoms with Crippen LogP contribution in [0.25, 0.3) is 0 Å². The Labute approximate surface area is 109 Å². The van der Waals surface area contributed by atoms with Crippen molar-refractivity contribution in [1.29, 1.82) is 0 Å². The molecule has 0 bridgehead atoms. The third kappa shape index (κ3) is 2.70. The third-order valence-electron chi connectivity index (χ3n) is 2.71. The van der Waals surface area contributed by atoms with Crippen molar-refractivity contribution >= 4 is 5.69 Å². The quantitative estimate of drug-likeness (QED) is 0.615. The molecule has 0 spiro atoms. The Hall–Kier alpha value is -2.43. The summed E-state index contributed by atoms with van der Waals surface area (Å²) >= 11 is 0. The second kappa shape index (κ2) is 5.48. The van der Waals surface area contributed by atoms with E-state index in [0.29, 0.717) is 5.75 Å². The molecular weight excluding hydrogens is 249 g/mol. The summed E-state index contributed by atoms with van der Waals surface area (Å²) in [6.45, 7) is 1.95. The molecular formula is C14H12FNO3. The standard InChI is InChI=1S/C14H12FNO3/c1-2-10-6-3-4-8-12(10)19-13-9-5-7-11(15)14(13)16(17)18/h3-9H,2H2,1H3. The number of nitro groups is 1. The van der Waals surface area contributed by atoms with Gasteiger partial charge in [0.05, 0.1) is 4.92 Å². The molecule has 0 atom stereocenters. The molecule has 0 saturated carbocycles. The van der Waals surface area contributed by atoms with E-state index in [4.69, 9.17) is 4.74 Å². The molecule has 0 N–H and O–H groups in total. The fourth-order valence-electron chi connectivity index (χ4n) is 1.77. The first-order chi connectivity index (χ1) is 9.13. The maximum atomic E-state index is 13.5. The first-order valence-corrected chi connectivity index (χ1v) is 5.82. The van der Waals surface area contributed by atoms with Gasteiger partial charge in [-0.1, -0.05) is 31.2 Å². The zero-order chi connectivity index (χ0) is 13.8. The lowest BCUT2D eigenvalue weighted by Crippen LogP contribution is -1.97. The Kier molecular flexibility index (Phi) is 3.75. The van der Waals surface area contributed by atoms with Crippen LogP contribution in [-0.2, 0) is 6.42 Å². The summed E-state index contributed by atoms with van der Waals surface area (Å²) in [5.74, 6) is -0.499. The molecule has 0 radical (unpaired) electrons. The summed E-state index contributed by atoms with van der Waals surface area (Å²) in [5, 5.41) is 10.9. The van der Waals surface area contributed by atoms with Gasteiger partial charge < -0.3 is 4.74 Å². The molecule has 0 aliphatic heterocycles. The highest BCUT2D eigenvalue weighted by molar-refractivity contribution is 5.50. The van der Waals surface area contributed by atoms with E-state index in [1.807, 2.05) is 19.1 Å². The van der Waals surface area contributed by atoms with E-state index in [0.717, 1.165) is 18.1 Å². The molecule has 98 valence electrons. The van der Waals surface area contributed by atoms with Gasteiger partial charge in [-0.15, -0.1) is 0 Å². The van der Waals surface area contributed by atoms with Gasteiger partial charge >= 0.3 is 5.69 Å². The highest BCUT2D eigenvalue weighted by atomic mass is 19.1. The van der Waals surface area contributed by atoms with Crippen LogP contribution in [0.5, 0.6) is 11.5 Å². The number of ether oxygens (including phenoxy) is 1. The molecule has 2 rings (SSSR count). The molecule has 0 heterocycles. The van der Waals surface area contributed by atoms with E-state index >= 15 is 0 Å². The number of nitro benzene ring substituents is 1. The molecule has 0 aliphatic carbocycles. The highest BCUT2D eigenvalue weighted by Crippen LogP contribution is 2.34. The molecule has 19 heavy (non-hydrogen) atoms. The largest absolute Gasteiger partial charge is 0.450 e. The predicted octanol–water partition coefficient (Wildman–Crippen LogP) is 4.09. The minimum absolute atomic E-state index is 0.0918. The van der Waals surface area contributed by atoms with Gasteiger partial charge in [-0.3, -0.25) is 10.1 Å². The van der Waals surface area contributed by atoms with Gasteiger partial charge in [0.1, 0.15) is 5.75 Å². The van der Waals surface area contributed by atoms with E-state index in [1.54, 1.807) is 12.1 Å². The van der Waals surface area contributed by atoms with Gasteiger partial charge in [-0.2, -0.15) is 4.39 Å². The molecule has 0 aliphatic rings. The lowest BCUT2D eigenvalue weighted by Gasteiger charge is -2.10. The number of hydrogen-bond acceptors (Lipinski definition) is 3. The maximum absolute atomic E-state index is 13.5. The number of aryl methyl sites for hydroxylation is 1. The monoisotopic (exact) mass is 261 g/mol. The Bertz CT molecular complexity index is 613. The van der Waals surface area contributed by atoms with Crippen molar-refractivity contribution < 1.29 is 14.1 Å². The van der Waals surface area contributed by atoms with E-state index in [1.165, 1.54) is 12.1 Å². The molecule has 0 fully saturated rings. The van der Waals surface area contributed by atoms with Crippen LogP contribution in [0.3, 0.4) is 0 Å². The number of rotatable bonds is 4. The van der Waals surface area contributed by atoms with Gasteiger partial charge in [0.15, 0.2) is 0 Å². The lowest BCUT2D eigenvalue weighted by atomic mass is 10.1. The third-order valence-corrected chi connectivity index (χ3v) is 2.71. The molecule has 2 aromatic rings. The Morgan fingerprint density at radius 1 is 1.16 bits per heavy atom. The van der Waals surface area contributed by atoms with Crippen molar-refractivity contribution in [2.24, 2.45) is 0 Å². The van der Waals surface area contributed by atoms with Crippen molar-refractivity contribution in [2.75, 3.05) is 0 Å². The average molecular weight is 261 g/mol. The summed E-state index contributed by atoms with van der Waals surface area (Å²) in [6, 6.07) is 11.0. The first kappa shape index (κ1) is 13.0. The van der Waals surface area contributed by atoms with Crippen molar-refractivity contribution in [2.45, 2.75) is 13.3 Å². The Morgan fingerprint density at radius 3 is 2.53 bits per heavy atom. The van der Waals surface area contributed by atoms with Gasteiger partial charge in [-0.05, 0) is 30.2 Å². The van der Waals surface area contributed by atoms with Crippen molar-refractivity contribution in [3.63, 3.8) is 0 Å². The first-order valence-electron chi connectivity index (χ1n) is 5.82. The molecule has 2 aromatic carbocycles. The number of para-hydroxylation sites is 2. The van der Waals surface area contributed by atoms with Crippen LogP contribution >= 0.6 is 0 Å². The van der Waals surface area contributed by atoms with Gasteiger partial charge in [0, 0.05) is 0 Å². The summed E-state index contributed by atoms with van der Waals surface area (Å²) in [5.41, 5.74) is 0.259. The second-order valence-electron chi connectivity index (χ2n) is 3.91. The lowest BCUT2D eigenvalue weighted by molar-refractivity contribution is -0.388. The summed E-state index contributed by atoms with van der Waals surface area (Å²) in [7, 11) is 0. The topological polar surface area (TPSA) is 52.4 Å². The van der Waals surface area contributed by atoms with Crippen molar-refractivity contribution in [3.05, 3.63) is 64.0 Å². The minimum Gasteiger partial charge on any atom is -0.450 e. The van der Waals surface area contributed by atoms with Gasteiger partial charge in [0.25, 0.3) is 0 Å². The number of halogens is 1. The van der Waals surface area contributed by atoms with Crippen LogP contribution in [0.4, 0.5) is 10.1 Å². The van der Waals surface area contributed by atoms with Crippen LogP contribution in [0.1, 0.15) is 12.5 Å². The summed E-state index contributed by atoms with van der Waals surface area (Å²) in [4.78, 5) is 10.1. The number of nitrogens with zero attached hydrogens (tertiary/aromatic N) is 1. The van der Waals surface area contributed by atoms with E-state index in [9.17, 15) is 14.5 Å². The zero-order valence-electron chi connectivity index (χ0n) is 10.3. The second-order valence-corrected chi connectivity index (χ2v) is 3.91. The van der Waals surface area contributed by atoms with Crippen LogP contribution in [0.2, 0.25) is 0 Å². The Morgan fingerprint density at radius 2 is 1.84 bits per heavy atom. The van der Waals surface area contributed by atoms with Crippen LogP contribution in [0.15, 0.2) is 42.5 Å². The summed E-state index contributed by atoms with van der Waals surface area (Å²) in [6.07, 6.45) is 0.722. The predicted molar refractivity (Wildman–Crippen MR) is 68.9 cm³/mol. The van der Waals surface area contributed by atoms with Crippen molar-refractivity contribution in [1.82, 2.24) is 0 Å². The Balaban J connectivity index is 2.44. The van der Waals surface area contributed by atoms with Crippen LogP contribution < -0.4 is 4.74 Å².